The maximum atomic E-state index is 5.28. The van der Waals surface area contributed by atoms with Gasteiger partial charge in [0.15, 0.2) is 0 Å². The molecule has 4 nitrogen and oxygen atoms in total. The molecule has 0 atom stereocenters. The van der Waals surface area contributed by atoms with Crippen molar-refractivity contribution in [2.45, 2.75) is 0 Å². The molecule has 1 heterocycles. The molecule has 1 aliphatic heterocycles. The molecule has 1 aromatic rings. The number of nitrogens with one attached hydrogen (secondary N) is 1. The number of hydrazine groups is 1. The molecule has 0 aromatic heterocycles. The average molecular weight is 208 g/mol. The summed E-state index contributed by atoms with van der Waals surface area (Å²) in [6.45, 7) is 3.41. The Kier molecular flexibility index (Phi) is 3.42. The van der Waals surface area contributed by atoms with Crippen molar-refractivity contribution in [1.82, 2.24) is 5.01 Å². The smallest absolute Gasteiger partial charge is 0.120 e. The molecule has 1 saturated heterocycles. The first-order valence-corrected chi connectivity index (χ1v) is 5.12. The minimum atomic E-state index is 0.789. The molecule has 0 radical (unpaired) electrons. The van der Waals surface area contributed by atoms with Gasteiger partial charge < -0.3 is 14.9 Å². The molecule has 0 unspecified atom stereocenters. The van der Waals surface area contributed by atoms with Gasteiger partial charge in [-0.25, -0.2) is 5.01 Å². The van der Waals surface area contributed by atoms with Crippen molar-refractivity contribution in [3.8, 4) is 5.75 Å². The van der Waals surface area contributed by atoms with Crippen molar-refractivity contribution in [1.29, 1.82) is 0 Å². The summed E-state index contributed by atoms with van der Waals surface area (Å²) < 4.78 is 10.4. The zero-order valence-electron chi connectivity index (χ0n) is 8.90. The molecular weight excluding hydrogens is 192 g/mol. The molecule has 0 aliphatic carbocycles. The number of ether oxygens (including phenoxy) is 2. The van der Waals surface area contributed by atoms with Gasteiger partial charge in [-0.1, -0.05) is 6.07 Å². The fourth-order valence-electron chi connectivity index (χ4n) is 1.55. The standard InChI is InChI=1S/C11H16N2O2/c1-14-11-4-2-3-10(9-11)12-13-5-7-15-8-6-13/h2-4,9,12H,5-8H2,1H3. The molecule has 0 saturated carbocycles. The van der Waals surface area contributed by atoms with Crippen molar-refractivity contribution >= 4 is 5.69 Å². The van der Waals surface area contributed by atoms with Gasteiger partial charge in [0.1, 0.15) is 5.75 Å². The normalized spacial score (nSPS) is 17.4. The van der Waals surface area contributed by atoms with Gasteiger partial charge in [-0.3, -0.25) is 0 Å². The van der Waals surface area contributed by atoms with E-state index < -0.39 is 0 Å². The number of anilines is 1. The molecule has 82 valence electrons. The Morgan fingerprint density at radius 1 is 1.33 bits per heavy atom. The fraction of sp³-hybridized carbons (Fsp3) is 0.455. The minimum Gasteiger partial charge on any atom is -0.497 e. The van der Waals surface area contributed by atoms with E-state index in [0.29, 0.717) is 0 Å². The van der Waals surface area contributed by atoms with E-state index in [2.05, 4.69) is 10.4 Å². The van der Waals surface area contributed by atoms with Crippen LogP contribution in [-0.4, -0.2) is 38.4 Å². The molecule has 1 aromatic carbocycles. The monoisotopic (exact) mass is 208 g/mol. The van der Waals surface area contributed by atoms with E-state index in [1.165, 1.54) is 0 Å². The molecule has 2 rings (SSSR count). The van der Waals surface area contributed by atoms with Gasteiger partial charge in [0.2, 0.25) is 0 Å². The van der Waals surface area contributed by atoms with Crippen LogP contribution in [0.1, 0.15) is 0 Å². The fourth-order valence-corrected chi connectivity index (χ4v) is 1.55. The van der Waals surface area contributed by atoms with Crippen molar-refractivity contribution in [2.75, 3.05) is 38.8 Å². The van der Waals surface area contributed by atoms with Gasteiger partial charge >= 0.3 is 0 Å². The molecule has 1 N–H and O–H groups in total. The third-order valence-corrected chi connectivity index (χ3v) is 2.37. The van der Waals surface area contributed by atoms with E-state index in [0.717, 1.165) is 37.7 Å². The van der Waals surface area contributed by atoms with Gasteiger partial charge in [-0.2, -0.15) is 0 Å². The van der Waals surface area contributed by atoms with Gasteiger partial charge in [0, 0.05) is 19.2 Å². The number of hydrogen-bond donors (Lipinski definition) is 1. The van der Waals surface area contributed by atoms with Crippen molar-refractivity contribution < 1.29 is 9.47 Å². The lowest BCUT2D eigenvalue weighted by molar-refractivity contribution is 0.0497. The SMILES string of the molecule is COc1cccc(NN2CCOCC2)c1. The molecule has 1 aliphatic rings. The molecule has 1 fully saturated rings. The van der Waals surface area contributed by atoms with Crippen LogP contribution in [0.25, 0.3) is 0 Å². The first kappa shape index (κ1) is 10.3. The van der Waals surface area contributed by atoms with Crippen LogP contribution in [0.5, 0.6) is 5.75 Å². The topological polar surface area (TPSA) is 33.7 Å². The van der Waals surface area contributed by atoms with E-state index in [1.54, 1.807) is 7.11 Å². The van der Waals surface area contributed by atoms with Crippen LogP contribution >= 0.6 is 0 Å². The second-order valence-electron chi connectivity index (χ2n) is 3.44. The van der Waals surface area contributed by atoms with Gasteiger partial charge in [0.25, 0.3) is 0 Å². The lowest BCUT2D eigenvalue weighted by Crippen LogP contribution is -2.40. The number of morpholine rings is 1. The van der Waals surface area contributed by atoms with Crippen LogP contribution in [0.4, 0.5) is 5.69 Å². The summed E-state index contributed by atoms with van der Waals surface area (Å²) in [5, 5.41) is 2.15. The highest BCUT2D eigenvalue weighted by atomic mass is 16.5. The van der Waals surface area contributed by atoms with Crippen LogP contribution in [0.3, 0.4) is 0 Å². The van der Waals surface area contributed by atoms with Crippen LogP contribution in [0.15, 0.2) is 24.3 Å². The maximum absolute atomic E-state index is 5.28. The van der Waals surface area contributed by atoms with E-state index in [1.807, 2.05) is 24.3 Å². The predicted molar refractivity (Wildman–Crippen MR) is 59.0 cm³/mol. The highest BCUT2D eigenvalue weighted by Crippen LogP contribution is 2.17. The molecule has 4 heteroatoms. The van der Waals surface area contributed by atoms with Gasteiger partial charge in [0.05, 0.1) is 26.0 Å². The maximum Gasteiger partial charge on any atom is 0.120 e. The average Bonchev–Trinajstić information content (AvgIpc) is 2.31. The third kappa shape index (κ3) is 2.84. The highest BCUT2D eigenvalue weighted by molar-refractivity contribution is 5.47. The second-order valence-corrected chi connectivity index (χ2v) is 3.44. The Hall–Kier alpha value is -1.26. The van der Waals surface area contributed by atoms with E-state index >= 15 is 0 Å². The van der Waals surface area contributed by atoms with Crippen molar-refractivity contribution in [2.24, 2.45) is 0 Å². The highest BCUT2D eigenvalue weighted by Gasteiger charge is 2.09. The Morgan fingerprint density at radius 3 is 2.87 bits per heavy atom. The minimum absolute atomic E-state index is 0.789. The Balaban J connectivity index is 1.96. The molecule has 0 spiro atoms. The van der Waals surface area contributed by atoms with Gasteiger partial charge in [-0.15, -0.1) is 0 Å². The molecule has 15 heavy (non-hydrogen) atoms. The van der Waals surface area contributed by atoms with Crippen molar-refractivity contribution in [3.63, 3.8) is 0 Å². The first-order chi connectivity index (χ1) is 7.38. The quantitative estimate of drug-likeness (QED) is 0.813. The first-order valence-electron chi connectivity index (χ1n) is 5.12. The number of methoxy groups -OCH3 is 1. The molecule has 0 amide bonds. The zero-order chi connectivity index (χ0) is 10.5. The largest absolute Gasteiger partial charge is 0.497 e. The summed E-state index contributed by atoms with van der Waals surface area (Å²) in [7, 11) is 1.67. The summed E-state index contributed by atoms with van der Waals surface area (Å²) in [6.07, 6.45) is 0. The number of nitrogens with zero attached hydrogens (tertiary/aromatic N) is 1. The van der Waals surface area contributed by atoms with E-state index in [9.17, 15) is 0 Å². The summed E-state index contributed by atoms with van der Waals surface area (Å²) in [6, 6.07) is 7.92. The number of rotatable bonds is 3. The Morgan fingerprint density at radius 2 is 2.13 bits per heavy atom. The van der Waals surface area contributed by atoms with Crippen LogP contribution < -0.4 is 10.2 Å². The summed E-state index contributed by atoms with van der Waals surface area (Å²) in [5.74, 6) is 0.869. The van der Waals surface area contributed by atoms with Crippen LogP contribution in [-0.2, 0) is 4.74 Å². The molecule has 0 bridgehead atoms. The zero-order valence-corrected chi connectivity index (χ0v) is 8.90. The Bertz CT molecular complexity index is 311. The Labute approximate surface area is 89.8 Å². The van der Waals surface area contributed by atoms with E-state index in [4.69, 9.17) is 9.47 Å². The van der Waals surface area contributed by atoms with E-state index in [-0.39, 0.29) is 0 Å². The predicted octanol–water partition coefficient (Wildman–Crippen LogP) is 1.35. The van der Waals surface area contributed by atoms with Crippen LogP contribution in [0, 0.1) is 0 Å². The summed E-state index contributed by atoms with van der Waals surface area (Å²) >= 11 is 0. The third-order valence-electron chi connectivity index (χ3n) is 2.37. The summed E-state index contributed by atoms with van der Waals surface area (Å²) in [4.78, 5) is 0. The number of benzene rings is 1. The lowest BCUT2D eigenvalue weighted by atomic mass is 10.3. The lowest BCUT2D eigenvalue weighted by Gasteiger charge is -2.28. The molecular formula is C11H16N2O2. The van der Waals surface area contributed by atoms with Crippen LogP contribution in [0.2, 0.25) is 0 Å². The second kappa shape index (κ2) is 5.00. The summed E-state index contributed by atoms with van der Waals surface area (Å²) in [5.41, 5.74) is 4.38. The van der Waals surface area contributed by atoms with Gasteiger partial charge in [-0.05, 0) is 12.1 Å². The van der Waals surface area contributed by atoms with Crippen molar-refractivity contribution in [3.05, 3.63) is 24.3 Å². The number of hydrogen-bond acceptors (Lipinski definition) is 4.